The molecular formula is C16H16ClFN2O4S. The molecule has 0 spiro atoms. The van der Waals surface area contributed by atoms with Gasteiger partial charge in [-0.1, -0.05) is 11.6 Å². The van der Waals surface area contributed by atoms with Gasteiger partial charge in [-0.15, -0.1) is 11.8 Å². The van der Waals surface area contributed by atoms with Crippen LogP contribution < -0.4 is 5.32 Å². The van der Waals surface area contributed by atoms with Gasteiger partial charge in [0, 0.05) is 12.2 Å². The summed E-state index contributed by atoms with van der Waals surface area (Å²) in [5.74, 6) is -1.34. The molecule has 1 N–H and O–H groups in total. The van der Waals surface area contributed by atoms with Gasteiger partial charge in [-0.05, 0) is 31.5 Å². The van der Waals surface area contributed by atoms with E-state index in [0.29, 0.717) is 18.6 Å². The topological polar surface area (TPSA) is 75.7 Å². The molecule has 3 rings (SSSR count). The fourth-order valence-corrected chi connectivity index (χ4v) is 4.64. The number of hydrogen-bond acceptors (Lipinski definition) is 5. The lowest BCUT2D eigenvalue weighted by Gasteiger charge is -2.29. The quantitative estimate of drug-likeness (QED) is 0.804. The number of ether oxygens (including phenoxy) is 1. The number of esters is 1. The Hall–Kier alpha value is -1.80. The highest BCUT2D eigenvalue weighted by Crippen LogP contribution is 2.47. The van der Waals surface area contributed by atoms with E-state index < -0.39 is 30.3 Å². The molecule has 25 heavy (non-hydrogen) atoms. The number of rotatable bonds is 4. The third-order valence-electron chi connectivity index (χ3n) is 4.27. The highest BCUT2D eigenvalue weighted by molar-refractivity contribution is 8.01. The van der Waals surface area contributed by atoms with Crippen molar-refractivity contribution in [3.63, 3.8) is 0 Å². The van der Waals surface area contributed by atoms with E-state index in [2.05, 4.69) is 5.32 Å². The first-order chi connectivity index (χ1) is 11.8. The Balaban J connectivity index is 1.55. The average Bonchev–Trinajstić information content (AvgIpc) is 3.04. The zero-order valence-electron chi connectivity index (χ0n) is 13.4. The molecule has 0 saturated carbocycles. The van der Waals surface area contributed by atoms with Crippen molar-refractivity contribution in [1.29, 1.82) is 0 Å². The van der Waals surface area contributed by atoms with Gasteiger partial charge in [-0.2, -0.15) is 0 Å². The number of halogens is 2. The van der Waals surface area contributed by atoms with E-state index in [-0.39, 0.29) is 21.5 Å². The van der Waals surface area contributed by atoms with Gasteiger partial charge in [0.05, 0.1) is 15.6 Å². The second-order valence-corrected chi connectivity index (χ2v) is 7.95. The van der Waals surface area contributed by atoms with Crippen molar-refractivity contribution in [2.45, 2.75) is 30.7 Å². The molecule has 0 bridgehead atoms. The lowest BCUT2D eigenvalue weighted by Crippen LogP contribution is -2.47. The number of fused-ring (bicyclic) bond motifs is 1. The summed E-state index contributed by atoms with van der Waals surface area (Å²) >= 11 is 7.37. The van der Waals surface area contributed by atoms with Gasteiger partial charge in [0.25, 0.3) is 5.91 Å². The number of benzene rings is 1. The Morgan fingerprint density at radius 3 is 3.00 bits per heavy atom. The number of amides is 2. The standard InChI is InChI=1S/C16H16ClFN2O4S/c1-16-5-4-14(22)20(16)12(8-25-16)15(23)24-7-13(21)19-11-3-2-9(18)6-10(11)17/h2-3,6,12H,4-5,7-8H2,1H3,(H,19,21)/t12-,16-/m0/s1. The summed E-state index contributed by atoms with van der Waals surface area (Å²) in [6.45, 7) is 1.42. The Kier molecular flexibility index (Phi) is 4.92. The van der Waals surface area contributed by atoms with Gasteiger partial charge in [0.1, 0.15) is 11.9 Å². The number of anilines is 1. The third-order valence-corrected chi connectivity index (χ3v) is 6.09. The number of hydrogen-bond donors (Lipinski definition) is 1. The van der Waals surface area contributed by atoms with E-state index in [0.717, 1.165) is 12.1 Å². The van der Waals surface area contributed by atoms with Gasteiger partial charge < -0.3 is 15.0 Å². The van der Waals surface area contributed by atoms with Crippen molar-refractivity contribution >= 4 is 46.8 Å². The van der Waals surface area contributed by atoms with Crippen LogP contribution in [0, 0.1) is 5.82 Å². The Morgan fingerprint density at radius 1 is 1.52 bits per heavy atom. The summed E-state index contributed by atoms with van der Waals surface area (Å²) in [5.41, 5.74) is 0.225. The molecule has 2 saturated heterocycles. The van der Waals surface area contributed by atoms with Gasteiger partial charge in [0.2, 0.25) is 5.91 Å². The molecule has 1 aromatic rings. The van der Waals surface area contributed by atoms with Gasteiger partial charge >= 0.3 is 5.97 Å². The lowest BCUT2D eigenvalue weighted by atomic mass is 10.2. The molecule has 6 nitrogen and oxygen atoms in total. The first-order valence-electron chi connectivity index (χ1n) is 7.68. The normalized spacial score (nSPS) is 25.0. The van der Waals surface area contributed by atoms with E-state index in [4.69, 9.17) is 16.3 Å². The van der Waals surface area contributed by atoms with Crippen LogP contribution in [0.2, 0.25) is 5.02 Å². The number of nitrogens with one attached hydrogen (secondary N) is 1. The number of thioether (sulfide) groups is 1. The van der Waals surface area contributed by atoms with Gasteiger partial charge in [-0.3, -0.25) is 9.59 Å². The second-order valence-electron chi connectivity index (χ2n) is 6.05. The predicted octanol–water partition coefficient (Wildman–Crippen LogP) is 2.41. The molecule has 2 aliphatic heterocycles. The largest absolute Gasteiger partial charge is 0.454 e. The Labute approximate surface area is 153 Å². The van der Waals surface area contributed by atoms with Gasteiger partial charge in [-0.25, -0.2) is 9.18 Å². The first kappa shape index (κ1) is 18.0. The van der Waals surface area contributed by atoms with E-state index >= 15 is 0 Å². The van der Waals surface area contributed by atoms with Crippen LogP contribution in [0.25, 0.3) is 0 Å². The van der Waals surface area contributed by atoms with Crippen LogP contribution in [-0.2, 0) is 19.1 Å². The summed E-state index contributed by atoms with van der Waals surface area (Å²) in [6.07, 6.45) is 1.11. The van der Waals surface area contributed by atoms with Crippen molar-refractivity contribution in [3.8, 4) is 0 Å². The van der Waals surface area contributed by atoms with Crippen LogP contribution in [-0.4, -0.2) is 46.0 Å². The van der Waals surface area contributed by atoms with E-state index in [1.165, 1.54) is 6.07 Å². The number of carbonyl (C=O) groups is 3. The molecule has 2 aliphatic rings. The Morgan fingerprint density at radius 2 is 2.28 bits per heavy atom. The summed E-state index contributed by atoms with van der Waals surface area (Å²) in [6, 6.07) is 2.87. The molecule has 2 amide bonds. The van der Waals surface area contributed by atoms with E-state index in [9.17, 15) is 18.8 Å². The van der Waals surface area contributed by atoms with Crippen LogP contribution in [0.4, 0.5) is 10.1 Å². The molecule has 1 aromatic carbocycles. The molecule has 134 valence electrons. The third kappa shape index (κ3) is 3.59. The highest BCUT2D eigenvalue weighted by atomic mass is 35.5. The van der Waals surface area contributed by atoms with Crippen molar-refractivity contribution in [2.24, 2.45) is 0 Å². The first-order valence-corrected chi connectivity index (χ1v) is 9.04. The van der Waals surface area contributed by atoms with Crippen molar-refractivity contribution in [3.05, 3.63) is 29.0 Å². The van der Waals surface area contributed by atoms with Crippen LogP contribution >= 0.6 is 23.4 Å². The molecule has 9 heteroatoms. The van der Waals surface area contributed by atoms with Crippen molar-refractivity contribution in [2.75, 3.05) is 17.7 Å². The number of nitrogens with zero attached hydrogens (tertiary/aromatic N) is 1. The lowest BCUT2D eigenvalue weighted by molar-refractivity contribution is -0.155. The van der Waals surface area contributed by atoms with Crippen LogP contribution in [0.3, 0.4) is 0 Å². The summed E-state index contributed by atoms with van der Waals surface area (Å²) in [4.78, 5) is 37.4. The summed E-state index contributed by atoms with van der Waals surface area (Å²) < 4.78 is 18.0. The fourth-order valence-electron chi connectivity index (χ4n) is 3.01. The zero-order valence-corrected chi connectivity index (χ0v) is 15.0. The molecule has 2 heterocycles. The maximum absolute atomic E-state index is 13.0. The molecule has 0 aromatic heterocycles. The SMILES string of the molecule is C[C@]12CCC(=O)N1[C@H](C(=O)OCC(=O)Nc1ccc(F)cc1Cl)CS2. The van der Waals surface area contributed by atoms with Crippen LogP contribution in [0.5, 0.6) is 0 Å². The molecule has 0 unspecified atom stereocenters. The maximum atomic E-state index is 13.0. The van der Waals surface area contributed by atoms with Crippen molar-refractivity contribution < 1.29 is 23.5 Å². The predicted molar refractivity (Wildman–Crippen MR) is 91.7 cm³/mol. The highest BCUT2D eigenvalue weighted by Gasteiger charge is 2.53. The summed E-state index contributed by atoms with van der Waals surface area (Å²) in [7, 11) is 0. The average molecular weight is 387 g/mol. The second kappa shape index (κ2) is 6.84. The van der Waals surface area contributed by atoms with Crippen LogP contribution in [0.15, 0.2) is 18.2 Å². The molecular weight excluding hydrogens is 371 g/mol. The Bertz CT molecular complexity index is 747. The van der Waals surface area contributed by atoms with E-state index in [1.807, 2.05) is 6.92 Å². The molecule has 0 aliphatic carbocycles. The zero-order chi connectivity index (χ0) is 18.2. The summed E-state index contributed by atoms with van der Waals surface area (Å²) in [5, 5.41) is 2.49. The minimum Gasteiger partial charge on any atom is -0.454 e. The van der Waals surface area contributed by atoms with Gasteiger partial charge in [0.15, 0.2) is 6.61 Å². The monoisotopic (exact) mass is 386 g/mol. The molecule has 0 radical (unpaired) electrons. The minimum atomic E-state index is -0.674. The molecule has 2 fully saturated rings. The smallest absolute Gasteiger partial charge is 0.330 e. The molecule has 2 atom stereocenters. The number of carbonyl (C=O) groups excluding carboxylic acids is 3. The minimum absolute atomic E-state index is 0.0466. The fraction of sp³-hybridized carbons (Fsp3) is 0.438. The van der Waals surface area contributed by atoms with Crippen LogP contribution in [0.1, 0.15) is 19.8 Å². The van der Waals surface area contributed by atoms with E-state index in [1.54, 1.807) is 16.7 Å². The van der Waals surface area contributed by atoms with Crippen molar-refractivity contribution in [1.82, 2.24) is 4.90 Å². The maximum Gasteiger partial charge on any atom is 0.330 e.